The van der Waals surface area contributed by atoms with E-state index in [4.69, 9.17) is 9.84 Å². The number of thiophene rings is 1. The number of carboxylic acid groups (broad SMARTS) is 1. The molecule has 5 nitrogen and oxygen atoms in total. The van der Waals surface area contributed by atoms with Crippen molar-refractivity contribution in [3.63, 3.8) is 0 Å². The number of carboxylic acids is 1. The minimum atomic E-state index is -3.37. The van der Waals surface area contributed by atoms with Crippen molar-refractivity contribution >= 4 is 27.1 Å². The Morgan fingerprint density at radius 3 is 2.60 bits per heavy atom. The summed E-state index contributed by atoms with van der Waals surface area (Å²) in [5, 5.41) is 10.7. The Labute approximate surface area is 120 Å². The van der Waals surface area contributed by atoms with E-state index in [1.54, 1.807) is 23.6 Å². The fourth-order valence-electron chi connectivity index (χ4n) is 1.57. The smallest absolute Gasteiger partial charge is 0.339 e. The molecule has 0 aliphatic heterocycles. The average molecular weight is 312 g/mol. The zero-order chi connectivity index (χ0) is 14.6. The third-order valence-electron chi connectivity index (χ3n) is 2.53. The minimum absolute atomic E-state index is 0.0148. The summed E-state index contributed by atoms with van der Waals surface area (Å²) in [7, 11) is -3.37. The van der Waals surface area contributed by atoms with Crippen molar-refractivity contribution in [2.75, 3.05) is 12.4 Å². The molecule has 0 bridgehead atoms. The first-order valence-electron chi connectivity index (χ1n) is 5.72. The maximum atomic E-state index is 11.9. The Balaban J connectivity index is 2.02. The van der Waals surface area contributed by atoms with Crippen molar-refractivity contribution in [1.82, 2.24) is 0 Å². The van der Waals surface area contributed by atoms with Crippen LogP contribution in [0.25, 0.3) is 0 Å². The van der Waals surface area contributed by atoms with Crippen molar-refractivity contribution in [3.05, 3.63) is 47.3 Å². The summed E-state index contributed by atoms with van der Waals surface area (Å²) >= 11 is 1.15. The van der Waals surface area contributed by atoms with Crippen LogP contribution >= 0.6 is 11.3 Å². The van der Waals surface area contributed by atoms with E-state index < -0.39 is 15.8 Å². The van der Waals surface area contributed by atoms with Crippen molar-refractivity contribution in [2.24, 2.45) is 0 Å². The maximum Gasteiger partial charge on any atom is 0.339 e. The minimum Gasteiger partial charge on any atom is -0.492 e. The lowest BCUT2D eigenvalue weighted by molar-refractivity contribution is 0.0692. The number of ether oxygens (including phenoxy) is 1. The molecule has 0 saturated heterocycles. The highest BCUT2D eigenvalue weighted by molar-refractivity contribution is 7.93. The van der Waals surface area contributed by atoms with Gasteiger partial charge in [0.25, 0.3) is 0 Å². The molecule has 0 atom stereocenters. The first kappa shape index (κ1) is 14.5. The second-order valence-electron chi connectivity index (χ2n) is 3.90. The summed E-state index contributed by atoms with van der Waals surface area (Å²) in [6.45, 7) is -0.0927. The molecular weight excluding hydrogens is 300 g/mol. The monoisotopic (exact) mass is 312 g/mol. The summed E-state index contributed by atoms with van der Waals surface area (Å²) < 4.78 is 29.4. The number of aromatic carboxylic acids is 1. The molecule has 2 rings (SSSR count). The van der Waals surface area contributed by atoms with Crippen LogP contribution in [0.4, 0.5) is 0 Å². The summed E-state index contributed by atoms with van der Waals surface area (Å²) in [4.78, 5) is 11.0. The SMILES string of the molecule is O=C(O)c1ccccc1OCCS(=O)(=O)c1cccs1. The summed E-state index contributed by atoms with van der Waals surface area (Å²) in [5.74, 6) is -1.13. The topological polar surface area (TPSA) is 80.7 Å². The van der Waals surface area contributed by atoms with Gasteiger partial charge in [-0.25, -0.2) is 13.2 Å². The Bertz CT molecular complexity index is 689. The van der Waals surface area contributed by atoms with E-state index in [1.165, 1.54) is 18.2 Å². The van der Waals surface area contributed by atoms with E-state index in [2.05, 4.69) is 0 Å². The van der Waals surface area contributed by atoms with Gasteiger partial charge in [-0.15, -0.1) is 11.3 Å². The number of para-hydroxylation sites is 1. The van der Waals surface area contributed by atoms with Crippen LogP contribution in [0.2, 0.25) is 0 Å². The van der Waals surface area contributed by atoms with Crippen LogP contribution in [-0.2, 0) is 9.84 Å². The molecule has 0 fully saturated rings. The molecule has 1 aromatic carbocycles. The van der Waals surface area contributed by atoms with E-state index in [0.717, 1.165) is 11.3 Å². The normalized spacial score (nSPS) is 11.2. The van der Waals surface area contributed by atoms with Gasteiger partial charge in [-0.2, -0.15) is 0 Å². The molecule has 1 N–H and O–H groups in total. The molecule has 0 aliphatic carbocycles. The summed E-state index contributed by atoms with van der Waals surface area (Å²) in [6, 6.07) is 9.32. The summed E-state index contributed by atoms with van der Waals surface area (Å²) in [6.07, 6.45) is 0. The van der Waals surface area contributed by atoms with Crippen molar-refractivity contribution in [1.29, 1.82) is 0 Å². The highest BCUT2D eigenvalue weighted by atomic mass is 32.2. The largest absolute Gasteiger partial charge is 0.492 e. The average Bonchev–Trinajstić information content (AvgIpc) is 2.93. The standard InChI is InChI=1S/C13H12O5S2/c14-13(15)10-4-1-2-5-11(10)18-7-9-20(16,17)12-6-3-8-19-12/h1-6,8H,7,9H2,(H,14,15). The molecular formula is C13H12O5S2. The van der Waals surface area contributed by atoms with Gasteiger partial charge in [0.1, 0.15) is 22.1 Å². The van der Waals surface area contributed by atoms with Gasteiger partial charge >= 0.3 is 5.97 Å². The van der Waals surface area contributed by atoms with Crippen LogP contribution in [0, 0.1) is 0 Å². The van der Waals surface area contributed by atoms with Gasteiger partial charge in [0.05, 0.1) is 5.75 Å². The van der Waals surface area contributed by atoms with Gasteiger partial charge in [0.2, 0.25) is 0 Å². The van der Waals surface area contributed by atoms with E-state index in [9.17, 15) is 13.2 Å². The van der Waals surface area contributed by atoms with E-state index in [1.807, 2.05) is 0 Å². The fourth-order valence-corrected chi connectivity index (χ4v) is 3.81. The first-order chi connectivity index (χ1) is 9.50. The first-order valence-corrected chi connectivity index (χ1v) is 8.25. The lowest BCUT2D eigenvalue weighted by Crippen LogP contribution is -2.14. The van der Waals surface area contributed by atoms with Gasteiger partial charge in [0.15, 0.2) is 9.84 Å². The highest BCUT2D eigenvalue weighted by Crippen LogP contribution is 2.20. The molecule has 106 valence electrons. The number of sulfone groups is 1. The molecule has 7 heteroatoms. The number of hydrogen-bond acceptors (Lipinski definition) is 5. The number of carbonyl (C=O) groups is 1. The van der Waals surface area contributed by atoms with Gasteiger partial charge in [-0.3, -0.25) is 0 Å². The zero-order valence-corrected chi connectivity index (χ0v) is 12.0. The van der Waals surface area contributed by atoms with Crippen LogP contribution in [0.15, 0.2) is 46.0 Å². The quantitative estimate of drug-likeness (QED) is 0.885. The molecule has 0 saturated carbocycles. The Morgan fingerprint density at radius 2 is 1.95 bits per heavy atom. The highest BCUT2D eigenvalue weighted by Gasteiger charge is 2.16. The van der Waals surface area contributed by atoms with Gasteiger partial charge in [-0.05, 0) is 23.6 Å². The predicted molar refractivity (Wildman–Crippen MR) is 75.3 cm³/mol. The number of benzene rings is 1. The Kier molecular flexibility index (Phi) is 4.41. The van der Waals surface area contributed by atoms with Crippen LogP contribution in [0.3, 0.4) is 0 Å². The zero-order valence-electron chi connectivity index (χ0n) is 10.4. The Hall–Kier alpha value is -1.86. The second-order valence-corrected chi connectivity index (χ2v) is 7.18. The van der Waals surface area contributed by atoms with Crippen LogP contribution in [0.5, 0.6) is 5.75 Å². The maximum absolute atomic E-state index is 11.9. The van der Waals surface area contributed by atoms with Gasteiger partial charge in [0, 0.05) is 0 Å². The fraction of sp³-hybridized carbons (Fsp3) is 0.154. The molecule has 0 radical (unpaired) electrons. The van der Waals surface area contributed by atoms with E-state index >= 15 is 0 Å². The van der Waals surface area contributed by atoms with Crippen LogP contribution in [-0.4, -0.2) is 31.9 Å². The van der Waals surface area contributed by atoms with Gasteiger partial charge in [-0.1, -0.05) is 18.2 Å². The third-order valence-corrected chi connectivity index (χ3v) is 5.69. The third kappa shape index (κ3) is 3.37. The Morgan fingerprint density at radius 1 is 1.20 bits per heavy atom. The molecule has 1 heterocycles. The molecule has 0 unspecified atom stereocenters. The van der Waals surface area contributed by atoms with Crippen LogP contribution in [0.1, 0.15) is 10.4 Å². The summed E-state index contributed by atoms with van der Waals surface area (Å²) in [5.41, 5.74) is 0.0148. The van der Waals surface area contributed by atoms with Crippen molar-refractivity contribution in [3.8, 4) is 5.75 Å². The molecule has 0 spiro atoms. The lowest BCUT2D eigenvalue weighted by atomic mass is 10.2. The molecule has 0 amide bonds. The molecule has 20 heavy (non-hydrogen) atoms. The van der Waals surface area contributed by atoms with Crippen molar-refractivity contribution in [2.45, 2.75) is 4.21 Å². The van der Waals surface area contributed by atoms with Crippen LogP contribution < -0.4 is 4.74 Å². The predicted octanol–water partition coefficient (Wildman–Crippen LogP) is 2.30. The second kappa shape index (κ2) is 6.06. The van der Waals surface area contributed by atoms with Crippen molar-refractivity contribution < 1.29 is 23.1 Å². The van der Waals surface area contributed by atoms with E-state index in [0.29, 0.717) is 0 Å². The molecule has 1 aromatic heterocycles. The number of hydrogen-bond donors (Lipinski definition) is 1. The molecule has 0 aliphatic rings. The van der Waals surface area contributed by atoms with Gasteiger partial charge < -0.3 is 9.84 Å². The molecule has 2 aromatic rings. The van der Waals surface area contributed by atoms with E-state index in [-0.39, 0.29) is 27.9 Å². The number of rotatable bonds is 6. The lowest BCUT2D eigenvalue weighted by Gasteiger charge is -2.08.